The van der Waals surface area contributed by atoms with Gasteiger partial charge >= 0.3 is 0 Å². The van der Waals surface area contributed by atoms with Crippen molar-refractivity contribution in [3.05, 3.63) is 86.5 Å². The predicted octanol–water partition coefficient (Wildman–Crippen LogP) is 4.85. The van der Waals surface area contributed by atoms with Crippen LogP contribution < -0.4 is 10.2 Å². The summed E-state index contributed by atoms with van der Waals surface area (Å²) in [5.74, 6) is 0.186. The van der Waals surface area contributed by atoms with Crippen LogP contribution in [0.25, 0.3) is 0 Å². The minimum absolute atomic E-state index is 0.316. The number of hydrogen-bond donors (Lipinski definition) is 1. The van der Waals surface area contributed by atoms with Crippen LogP contribution in [0.3, 0.4) is 0 Å². The molecule has 0 spiro atoms. The first kappa shape index (κ1) is 17.4. The molecule has 0 aliphatic rings. The smallest absolute Gasteiger partial charge is 0.275 e. The summed E-state index contributed by atoms with van der Waals surface area (Å²) in [6.45, 7) is 0.385. The first-order valence-corrected chi connectivity index (χ1v) is 9.23. The van der Waals surface area contributed by atoms with E-state index in [1.807, 2.05) is 47.8 Å². The van der Waals surface area contributed by atoms with Crippen molar-refractivity contribution in [3.8, 4) is 5.75 Å². The van der Waals surface area contributed by atoms with E-state index >= 15 is 0 Å². The Labute approximate surface area is 158 Å². The maximum atomic E-state index is 12.4. The van der Waals surface area contributed by atoms with E-state index in [0.717, 1.165) is 14.9 Å². The maximum absolute atomic E-state index is 12.4. The van der Waals surface area contributed by atoms with Crippen LogP contribution in [0.4, 0.5) is 0 Å². The van der Waals surface area contributed by atoms with Crippen LogP contribution >= 0.6 is 27.3 Å². The second kappa shape index (κ2) is 8.60. The molecule has 3 rings (SSSR count). The van der Waals surface area contributed by atoms with Crippen molar-refractivity contribution in [1.82, 2.24) is 5.43 Å². The van der Waals surface area contributed by atoms with Gasteiger partial charge in [0.1, 0.15) is 12.4 Å². The molecule has 0 saturated heterocycles. The van der Waals surface area contributed by atoms with Crippen LogP contribution in [-0.2, 0) is 6.61 Å². The van der Waals surface area contributed by atoms with Gasteiger partial charge in [-0.25, -0.2) is 5.43 Å². The number of benzene rings is 2. The quantitative estimate of drug-likeness (QED) is 0.462. The van der Waals surface area contributed by atoms with E-state index in [0.29, 0.717) is 17.9 Å². The number of carbonyl (C=O) groups excluding carboxylic acids is 1. The van der Waals surface area contributed by atoms with Gasteiger partial charge in [0.15, 0.2) is 0 Å². The van der Waals surface area contributed by atoms with Gasteiger partial charge in [0.25, 0.3) is 5.91 Å². The Morgan fingerprint density at radius 1 is 1.16 bits per heavy atom. The monoisotopic (exact) mass is 414 g/mol. The molecule has 0 radical (unpaired) electrons. The van der Waals surface area contributed by atoms with Crippen molar-refractivity contribution in [2.75, 3.05) is 0 Å². The molecule has 0 fully saturated rings. The lowest BCUT2D eigenvalue weighted by Gasteiger charge is -2.11. The number of amides is 1. The van der Waals surface area contributed by atoms with Gasteiger partial charge in [-0.15, -0.1) is 11.3 Å². The lowest BCUT2D eigenvalue weighted by Crippen LogP contribution is -2.18. The van der Waals surface area contributed by atoms with Gasteiger partial charge in [-0.3, -0.25) is 4.79 Å². The second-order valence-corrected chi connectivity index (χ2v) is 7.02. The summed E-state index contributed by atoms with van der Waals surface area (Å²) in [7, 11) is 0. The largest absolute Gasteiger partial charge is 0.488 e. The normalized spacial score (nSPS) is 10.8. The second-order valence-electron chi connectivity index (χ2n) is 5.13. The van der Waals surface area contributed by atoms with Crippen LogP contribution in [-0.4, -0.2) is 12.1 Å². The van der Waals surface area contributed by atoms with Crippen molar-refractivity contribution in [1.29, 1.82) is 0 Å². The number of rotatable bonds is 6. The van der Waals surface area contributed by atoms with Crippen molar-refractivity contribution in [2.24, 2.45) is 5.10 Å². The fourth-order valence-electron chi connectivity index (χ4n) is 2.12. The fourth-order valence-corrected chi connectivity index (χ4v) is 3.04. The van der Waals surface area contributed by atoms with Crippen LogP contribution in [0.1, 0.15) is 20.8 Å². The molecule has 126 valence electrons. The van der Waals surface area contributed by atoms with E-state index in [1.165, 1.54) is 0 Å². The Kier molecular flexibility index (Phi) is 5.98. The maximum Gasteiger partial charge on any atom is 0.275 e. The zero-order valence-corrected chi connectivity index (χ0v) is 15.6. The van der Waals surface area contributed by atoms with Gasteiger partial charge < -0.3 is 4.74 Å². The Morgan fingerprint density at radius 2 is 2.00 bits per heavy atom. The number of hydrazone groups is 1. The zero-order chi connectivity index (χ0) is 17.5. The molecule has 4 nitrogen and oxygen atoms in total. The molecule has 0 bridgehead atoms. The average molecular weight is 415 g/mol. The van der Waals surface area contributed by atoms with E-state index in [1.54, 1.807) is 35.8 Å². The molecule has 25 heavy (non-hydrogen) atoms. The minimum Gasteiger partial charge on any atom is -0.488 e. The van der Waals surface area contributed by atoms with E-state index in [2.05, 4.69) is 26.5 Å². The van der Waals surface area contributed by atoms with Crippen LogP contribution in [0.2, 0.25) is 0 Å². The van der Waals surface area contributed by atoms with Gasteiger partial charge in [0.2, 0.25) is 0 Å². The third-order valence-corrected chi connectivity index (χ3v) is 4.63. The SMILES string of the molecule is O=C(N/N=C\c1cccs1)c1ccc(Br)cc1OCc1ccccc1. The highest BCUT2D eigenvalue weighted by Crippen LogP contribution is 2.24. The van der Waals surface area contributed by atoms with Crippen molar-refractivity contribution < 1.29 is 9.53 Å². The molecule has 1 amide bonds. The molecule has 1 N–H and O–H groups in total. The summed E-state index contributed by atoms with van der Waals surface area (Å²) >= 11 is 4.96. The molecule has 2 aromatic carbocycles. The van der Waals surface area contributed by atoms with Gasteiger partial charge in [-0.05, 0) is 35.2 Å². The fraction of sp³-hybridized carbons (Fsp3) is 0.0526. The number of thiophene rings is 1. The van der Waals surface area contributed by atoms with E-state index < -0.39 is 0 Å². The molecule has 0 saturated carbocycles. The Hall–Kier alpha value is -2.44. The summed E-state index contributed by atoms with van der Waals surface area (Å²) in [6.07, 6.45) is 1.62. The van der Waals surface area contributed by atoms with Crippen LogP contribution in [0.5, 0.6) is 5.75 Å². The van der Waals surface area contributed by atoms with Crippen LogP contribution in [0, 0.1) is 0 Å². The first-order chi connectivity index (χ1) is 12.2. The molecule has 0 atom stereocenters. The topological polar surface area (TPSA) is 50.7 Å². The Bertz CT molecular complexity index is 864. The van der Waals surface area contributed by atoms with Crippen molar-refractivity contribution >= 4 is 39.4 Å². The molecule has 1 heterocycles. The number of ether oxygens (including phenoxy) is 1. The number of hydrogen-bond acceptors (Lipinski definition) is 4. The Balaban J connectivity index is 1.70. The molecular formula is C19H15BrN2O2S. The summed E-state index contributed by atoms with van der Waals surface area (Å²) in [5, 5.41) is 5.94. The summed E-state index contributed by atoms with van der Waals surface area (Å²) in [5.41, 5.74) is 4.00. The number of halogens is 1. The third kappa shape index (κ3) is 5.01. The van der Waals surface area contributed by atoms with Crippen molar-refractivity contribution in [3.63, 3.8) is 0 Å². The summed E-state index contributed by atoms with van der Waals surface area (Å²) in [4.78, 5) is 13.4. The molecule has 0 aliphatic heterocycles. The minimum atomic E-state index is -0.316. The average Bonchev–Trinajstić information content (AvgIpc) is 3.14. The molecular weight excluding hydrogens is 400 g/mol. The van der Waals surface area contributed by atoms with E-state index in [4.69, 9.17) is 4.74 Å². The van der Waals surface area contributed by atoms with Gasteiger partial charge in [-0.2, -0.15) is 5.10 Å². The van der Waals surface area contributed by atoms with Gasteiger partial charge in [0.05, 0.1) is 11.8 Å². The highest BCUT2D eigenvalue weighted by Gasteiger charge is 2.13. The summed E-state index contributed by atoms with van der Waals surface area (Å²) in [6, 6.07) is 18.9. The molecule has 3 aromatic rings. The predicted molar refractivity (Wildman–Crippen MR) is 104 cm³/mol. The lowest BCUT2D eigenvalue weighted by molar-refractivity contribution is 0.0950. The first-order valence-electron chi connectivity index (χ1n) is 7.55. The highest BCUT2D eigenvalue weighted by molar-refractivity contribution is 9.10. The molecule has 0 aliphatic carbocycles. The molecule has 6 heteroatoms. The van der Waals surface area contributed by atoms with Gasteiger partial charge in [0, 0.05) is 9.35 Å². The Morgan fingerprint density at radius 3 is 2.76 bits per heavy atom. The number of nitrogens with one attached hydrogen (secondary N) is 1. The summed E-state index contributed by atoms with van der Waals surface area (Å²) < 4.78 is 6.68. The van der Waals surface area contributed by atoms with E-state index in [-0.39, 0.29) is 5.91 Å². The standard InChI is InChI=1S/C19H15BrN2O2S/c20-15-8-9-17(19(23)22-21-12-16-7-4-10-25-16)18(11-15)24-13-14-5-2-1-3-6-14/h1-12H,13H2,(H,22,23)/b21-12-. The van der Waals surface area contributed by atoms with Crippen LogP contribution in [0.15, 0.2) is 75.6 Å². The molecule has 0 unspecified atom stereocenters. The van der Waals surface area contributed by atoms with Gasteiger partial charge in [-0.1, -0.05) is 52.3 Å². The third-order valence-electron chi connectivity index (χ3n) is 3.33. The lowest BCUT2D eigenvalue weighted by atomic mass is 10.2. The highest BCUT2D eigenvalue weighted by atomic mass is 79.9. The molecule has 1 aromatic heterocycles. The van der Waals surface area contributed by atoms with Crippen molar-refractivity contribution in [2.45, 2.75) is 6.61 Å². The number of carbonyl (C=O) groups is 1. The zero-order valence-electron chi connectivity index (χ0n) is 13.2. The van der Waals surface area contributed by atoms with E-state index in [9.17, 15) is 4.79 Å². The number of nitrogens with zero attached hydrogens (tertiary/aromatic N) is 1.